The monoisotopic (exact) mass is 193 g/mol. The summed E-state index contributed by atoms with van der Waals surface area (Å²) in [5, 5.41) is 12.5. The second-order valence-corrected chi connectivity index (χ2v) is 4.73. The molecule has 14 heavy (non-hydrogen) atoms. The van der Waals surface area contributed by atoms with E-state index < -0.39 is 0 Å². The Kier molecular flexibility index (Phi) is 3.53. The molecular weight excluding hydrogens is 174 g/mol. The Morgan fingerprint density at radius 3 is 2.43 bits per heavy atom. The SMILES string of the molecule is CC(C)(C)CNc1ccccc1CO. The molecule has 0 aromatic heterocycles. The molecule has 2 nitrogen and oxygen atoms in total. The molecule has 1 aromatic carbocycles. The quantitative estimate of drug-likeness (QED) is 0.773. The molecule has 0 saturated heterocycles. The second-order valence-electron chi connectivity index (χ2n) is 4.73. The second kappa shape index (κ2) is 4.47. The molecule has 0 amide bonds. The number of nitrogens with one attached hydrogen (secondary N) is 1. The highest BCUT2D eigenvalue weighted by atomic mass is 16.3. The van der Waals surface area contributed by atoms with Crippen molar-refractivity contribution in [2.75, 3.05) is 11.9 Å². The molecule has 0 atom stereocenters. The first-order chi connectivity index (χ1) is 6.53. The fraction of sp³-hybridized carbons (Fsp3) is 0.500. The van der Waals surface area contributed by atoms with E-state index in [1.54, 1.807) is 0 Å². The topological polar surface area (TPSA) is 32.3 Å². The van der Waals surface area contributed by atoms with Gasteiger partial charge in [0.2, 0.25) is 0 Å². The van der Waals surface area contributed by atoms with Crippen LogP contribution in [0.4, 0.5) is 5.69 Å². The van der Waals surface area contributed by atoms with E-state index in [0.29, 0.717) is 0 Å². The van der Waals surface area contributed by atoms with Gasteiger partial charge in [-0.1, -0.05) is 39.0 Å². The fourth-order valence-corrected chi connectivity index (χ4v) is 1.19. The zero-order valence-electron chi connectivity index (χ0n) is 9.17. The van der Waals surface area contributed by atoms with Crippen molar-refractivity contribution in [3.8, 4) is 0 Å². The van der Waals surface area contributed by atoms with E-state index in [1.165, 1.54) is 0 Å². The van der Waals surface area contributed by atoms with Crippen LogP contribution in [0, 0.1) is 5.41 Å². The first-order valence-electron chi connectivity index (χ1n) is 4.95. The highest BCUT2D eigenvalue weighted by molar-refractivity contribution is 5.50. The lowest BCUT2D eigenvalue weighted by Crippen LogP contribution is -2.19. The molecule has 0 aliphatic carbocycles. The summed E-state index contributed by atoms with van der Waals surface area (Å²) >= 11 is 0. The predicted molar refractivity (Wildman–Crippen MR) is 60.3 cm³/mol. The summed E-state index contributed by atoms with van der Waals surface area (Å²) in [5.74, 6) is 0. The minimum Gasteiger partial charge on any atom is -0.392 e. The number of anilines is 1. The summed E-state index contributed by atoms with van der Waals surface area (Å²) in [5.41, 5.74) is 2.24. The van der Waals surface area contributed by atoms with E-state index in [1.807, 2.05) is 24.3 Å². The van der Waals surface area contributed by atoms with Gasteiger partial charge in [-0.05, 0) is 11.5 Å². The Bertz CT molecular complexity index is 289. The first-order valence-corrected chi connectivity index (χ1v) is 4.95. The Balaban J connectivity index is 2.67. The van der Waals surface area contributed by atoms with Crippen LogP contribution in [0.15, 0.2) is 24.3 Å². The van der Waals surface area contributed by atoms with E-state index in [-0.39, 0.29) is 12.0 Å². The van der Waals surface area contributed by atoms with E-state index in [0.717, 1.165) is 17.8 Å². The highest BCUT2D eigenvalue weighted by Gasteiger charge is 2.10. The highest BCUT2D eigenvalue weighted by Crippen LogP contribution is 2.18. The summed E-state index contributed by atoms with van der Waals surface area (Å²) in [7, 11) is 0. The number of rotatable bonds is 3. The van der Waals surface area contributed by atoms with Gasteiger partial charge in [-0.15, -0.1) is 0 Å². The number of aliphatic hydroxyl groups is 1. The molecule has 0 aliphatic rings. The van der Waals surface area contributed by atoms with Crippen LogP contribution in [-0.4, -0.2) is 11.7 Å². The number of hydrogen-bond donors (Lipinski definition) is 2. The van der Waals surface area contributed by atoms with E-state index in [4.69, 9.17) is 5.11 Å². The molecule has 2 heteroatoms. The van der Waals surface area contributed by atoms with Gasteiger partial charge < -0.3 is 10.4 Å². The van der Waals surface area contributed by atoms with Crippen molar-refractivity contribution >= 4 is 5.69 Å². The minimum absolute atomic E-state index is 0.0906. The summed E-state index contributed by atoms with van der Waals surface area (Å²) in [6.07, 6.45) is 0. The van der Waals surface area contributed by atoms with Crippen molar-refractivity contribution in [3.63, 3.8) is 0 Å². The Hall–Kier alpha value is -1.02. The van der Waals surface area contributed by atoms with Gasteiger partial charge in [0.15, 0.2) is 0 Å². The maximum Gasteiger partial charge on any atom is 0.0701 e. The number of para-hydroxylation sites is 1. The Morgan fingerprint density at radius 2 is 1.86 bits per heavy atom. The van der Waals surface area contributed by atoms with Gasteiger partial charge in [0.1, 0.15) is 0 Å². The van der Waals surface area contributed by atoms with Crippen molar-refractivity contribution in [2.24, 2.45) is 5.41 Å². The average Bonchev–Trinajstić information content (AvgIpc) is 2.14. The molecule has 0 radical (unpaired) electrons. The van der Waals surface area contributed by atoms with Crippen LogP contribution in [0.5, 0.6) is 0 Å². The zero-order valence-corrected chi connectivity index (χ0v) is 9.17. The molecule has 0 unspecified atom stereocenters. The third-order valence-corrected chi connectivity index (χ3v) is 2.00. The molecule has 2 N–H and O–H groups in total. The van der Waals surface area contributed by atoms with Gasteiger partial charge in [-0.3, -0.25) is 0 Å². The van der Waals surface area contributed by atoms with E-state index >= 15 is 0 Å². The Morgan fingerprint density at radius 1 is 1.21 bits per heavy atom. The summed E-state index contributed by atoms with van der Waals surface area (Å²) in [4.78, 5) is 0. The lowest BCUT2D eigenvalue weighted by molar-refractivity contribution is 0.282. The summed E-state index contributed by atoms with van der Waals surface area (Å²) < 4.78 is 0. The van der Waals surface area contributed by atoms with Crippen molar-refractivity contribution in [2.45, 2.75) is 27.4 Å². The third kappa shape index (κ3) is 3.38. The number of aliphatic hydroxyl groups excluding tert-OH is 1. The van der Waals surface area contributed by atoms with Gasteiger partial charge in [0, 0.05) is 17.8 Å². The van der Waals surface area contributed by atoms with Crippen LogP contribution in [-0.2, 0) is 6.61 Å². The van der Waals surface area contributed by atoms with Crippen LogP contribution in [0.1, 0.15) is 26.3 Å². The van der Waals surface area contributed by atoms with Crippen LogP contribution in [0.3, 0.4) is 0 Å². The van der Waals surface area contributed by atoms with Gasteiger partial charge in [0.05, 0.1) is 6.61 Å². The molecule has 0 bridgehead atoms. The van der Waals surface area contributed by atoms with Crippen LogP contribution < -0.4 is 5.32 Å². The molecule has 0 saturated carbocycles. The maximum absolute atomic E-state index is 9.11. The van der Waals surface area contributed by atoms with E-state index in [9.17, 15) is 0 Å². The summed E-state index contributed by atoms with van der Waals surface area (Å²) in [6, 6.07) is 7.85. The van der Waals surface area contributed by atoms with Gasteiger partial charge in [-0.2, -0.15) is 0 Å². The smallest absolute Gasteiger partial charge is 0.0701 e. The van der Waals surface area contributed by atoms with Gasteiger partial charge in [-0.25, -0.2) is 0 Å². The average molecular weight is 193 g/mol. The van der Waals surface area contributed by atoms with Crippen molar-refractivity contribution in [3.05, 3.63) is 29.8 Å². The lowest BCUT2D eigenvalue weighted by Gasteiger charge is -2.20. The fourth-order valence-electron chi connectivity index (χ4n) is 1.19. The zero-order chi connectivity index (χ0) is 10.6. The largest absolute Gasteiger partial charge is 0.392 e. The van der Waals surface area contributed by atoms with Gasteiger partial charge in [0.25, 0.3) is 0 Å². The van der Waals surface area contributed by atoms with Crippen LogP contribution >= 0.6 is 0 Å². The maximum atomic E-state index is 9.11. The normalized spacial score (nSPS) is 11.4. The molecule has 0 heterocycles. The van der Waals surface area contributed by atoms with Crippen molar-refractivity contribution in [1.29, 1.82) is 0 Å². The molecule has 78 valence electrons. The lowest BCUT2D eigenvalue weighted by atomic mass is 9.97. The van der Waals surface area contributed by atoms with Crippen LogP contribution in [0.25, 0.3) is 0 Å². The molecule has 0 aliphatic heterocycles. The molecule has 1 rings (SSSR count). The number of hydrogen-bond acceptors (Lipinski definition) is 2. The predicted octanol–water partition coefficient (Wildman–Crippen LogP) is 2.64. The number of benzene rings is 1. The Labute approximate surface area is 86.0 Å². The molecule has 0 spiro atoms. The molecule has 0 fully saturated rings. The standard InChI is InChI=1S/C12H19NO/c1-12(2,3)9-13-11-7-5-4-6-10(11)8-14/h4-7,13-14H,8-9H2,1-3H3. The third-order valence-electron chi connectivity index (χ3n) is 2.00. The van der Waals surface area contributed by atoms with Gasteiger partial charge >= 0.3 is 0 Å². The molecule has 1 aromatic rings. The van der Waals surface area contributed by atoms with Crippen molar-refractivity contribution in [1.82, 2.24) is 0 Å². The summed E-state index contributed by atoms with van der Waals surface area (Å²) in [6.45, 7) is 7.54. The molecular formula is C12H19NO. The minimum atomic E-state index is 0.0906. The van der Waals surface area contributed by atoms with E-state index in [2.05, 4.69) is 26.1 Å². The first kappa shape index (κ1) is 11.1. The van der Waals surface area contributed by atoms with Crippen LogP contribution in [0.2, 0.25) is 0 Å². The van der Waals surface area contributed by atoms with Crippen molar-refractivity contribution < 1.29 is 5.11 Å².